The number of hydrogen-bond acceptors (Lipinski definition) is 3. The van der Waals surface area contributed by atoms with Crippen molar-refractivity contribution in [3.05, 3.63) is 29.8 Å². The van der Waals surface area contributed by atoms with Gasteiger partial charge in [-0.2, -0.15) is 0 Å². The van der Waals surface area contributed by atoms with E-state index in [-0.39, 0.29) is 18.0 Å². The van der Waals surface area contributed by atoms with E-state index < -0.39 is 0 Å². The van der Waals surface area contributed by atoms with Crippen molar-refractivity contribution >= 4 is 11.6 Å². The van der Waals surface area contributed by atoms with Gasteiger partial charge in [0.15, 0.2) is 0 Å². The molecule has 4 nitrogen and oxygen atoms in total. The van der Waals surface area contributed by atoms with Crippen molar-refractivity contribution < 1.29 is 4.79 Å². The third-order valence-electron chi connectivity index (χ3n) is 3.49. The molecule has 0 saturated carbocycles. The Bertz CT molecular complexity index is 440. The summed E-state index contributed by atoms with van der Waals surface area (Å²) in [6.07, 6.45) is 0. The van der Waals surface area contributed by atoms with Gasteiger partial charge in [0.25, 0.3) is 0 Å². The van der Waals surface area contributed by atoms with Crippen molar-refractivity contribution in [3.8, 4) is 0 Å². The van der Waals surface area contributed by atoms with Crippen molar-refractivity contribution in [2.24, 2.45) is 5.92 Å². The lowest BCUT2D eigenvalue weighted by Gasteiger charge is -2.21. The molecule has 21 heavy (non-hydrogen) atoms. The number of carbonyl (C=O) groups excluding carboxylic acids is 1. The molecule has 118 valence electrons. The second-order valence-corrected chi connectivity index (χ2v) is 6.24. The van der Waals surface area contributed by atoms with E-state index in [0.717, 1.165) is 6.54 Å². The van der Waals surface area contributed by atoms with Gasteiger partial charge < -0.3 is 10.2 Å². The third kappa shape index (κ3) is 5.76. The highest BCUT2D eigenvalue weighted by Crippen LogP contribution is 2.18. The van der Waals surface area contributed by atoms with Crippen LogP contribution >= 0.6 is 0 Å². The van der Waals surface area contributed by atoms with Crippen molar-refractivity contribution in [1.29, 1.82) is 0 Å². The van der Waals surface area contributed by atoms with Gasteiger partial charge in [-0.25, -0.2) is 0 Å². The number of hydrogen-bond donors (Lipinski definition) is 2. The summed E-state index contributed by atoms with van der Waals surface area (Å²) in [4.78, 5) is 14.1. The summed E-state index contributed by atoms with van der Waals surface area (Å²) in [5.74, 6) is 0.526. The molecule has 0 fully saturated rings. The Kier molecular flexibility index (Phi) is 6.69. The highest BCUT2D eigenvalue weighted by Gasteiger charge is 2.16. The Labute approximate surface area is 128 Å². The van der Waals surface area contributed by atoms with E-state index in [1.807, 2.05) is 21.0 Å². The average molecular weight is 291 g/mol. The average Bonchev–Trinajstić information content (AvgIpc) is 2.44. The van der Waals surface area contributed by atoms with E-state index >= 15 is 0 Å². The molecule has 0 radical (unpaired) electrons. The lowest BCUT2D eigenvalue weighted by atomic mass is 10.1. The number of nitrogens with zero attached hydrogens (tertiary/aromatic N) is 1. The summed E-state index contributed by atoms with van der Waals surface area (Å²) in [6, 6.07) is 8.33. The predicted molar refractivity (Wildman–Crippen MR) is 89.6 cm³/mol. The van der Waals surface area contributed by atoms with Gasteiger partial charge in [-0.1, -0.05) is 26.0 Å². The van der Waals surface area contributed by atoms with E-state index in [4.69, 9.17) is 0 Å². The lowest BCUT2D eigenvalue weighted by Crippen LogP contribution is -2.44. The minimum Gasteiger partial charge on any atom is -0.378 e. The van der Waals surface area contributed by atoms with Crippen LogP contribution < -0.4 is 15.5 Å². The van der Waals surface area contributed by atoms with E-state index in [1.54, 1.807) is 0 Å². The van der Waals surface area contributed by atoms with Crippen LogP contribution in [0.4, 0.5) is 5.69 Å². The topological polar surface area (TPSA) is 44.4 Å². The Morgan fingerprint density at radius 3 is 2.14 bits per heavy atom. The predicted octanol–water partition coefficient (Wildman–Crippen LogP) is 2.56. The molecule has 0 aliphatic heterocycles. The maximum Gasteiger partial charge on any atom is 0.236 e. The molecular formula is C17H29N3O. The van der Waals surface area contributed by atoms with Crippen LogP contribution in [0.15, 0.2) is 24.3 Å². The second-order valence-electron chi connectivity index (χ2n) is 6.24. The summed E-state index contributed by atoms with van der Waals surface area (Å²) in [5.41, 5.74) is 2.36. The van der Waals surface area contributed by atoms with E-state index in [2.05, 4.69) is 60.6 Å². The third-order valence-corrected chi connectivity index (χ3v) is 3.49. The fourth-order valence-corrected chi connectivity index (χ4v) is 2.07. The van der Waals surface area contributed by atoms with E-state index in [0.29, 0.717) is 5.92 Å². The first-order valence-electron chi connectivity index (χ1n) is 7.62. The minimum absolute atomic E-state index is 0.0560. The zero-order valence-corrected chi connectivity index (χ0v) is 14.1. The molecule has 0 bridgehead atoms. The first-order chi connectivity index (χ1) is 9.81. The van der Waals surface area contributed by atoms with Crippen molar-refractivity contribution in [1.82, 2.24) is 10.6 Å². The SMILES string of the molecule is CC(C)CNC(=O)C(C)NC(C)c1ccc(N(C)C)cc1. The van der Waals surface area contributed by atoms with Crippen LogP contribution in [0.2, 0.25) is 0 Å². The largest absolute Gasteiger partial charge is 0.378 e. The normalized spacial score (nSPS) is 13.9. The summed E-state index contributed by atoms with van der Waals surface area (Å²) in [6.45, 7) is 8.88. The molecule has 0 aliphatic carbocycles. The summed E-state index contributed by atoms with van der Waals surface area (Å²) >= 11 is 0. The smallest absolute Gasteiger partial charge is 0.236 e. The van der Waals surface area contributed by atoms with Crippen molar-refractivity contribution in [3.63, 3.8) is 0 Å². The summed E-state index contributed by atoms with van der Waals surface area (Å²) in [7, 11) is 4.05. The zero-order valence-electron chi connectivity index (χ0n) is 14.1. The molecule has 0 saturated heterocycles. The van der Waals surface area contributed by atoms with Gasteiger partial charge in [0.1, 0.15) is 0 Å². The van der Waals surface area contributed by atoms with Crippen LogP contribution in [0.5, 0.6) is 0 Å². The van der Waals surface area contributed by atoms with Crippen molar-refractivity contribution in [2.45, 2.75) is 39.8 Å². The number of carbonyl (C=O) groups is 1. The number of benzene rings is 1. The molecule has 1 amide bonds. The molecule has 2 N–H and O–H groups in total. The molecular weight excluding hydrogens is 262 g/mol. The molecule has 2 unspecified atom stereocenters. The van der Waals surface area contributed by atoms with Gasteiger partial charge in [-0.05, 0) is 37.5 Å². The molecule has 4 heteroatoms. The van der Waals surface area contributed by atoms with E-state index in [1.165, 1.54) is 11.3 Å². The Hall–Kier alpha value is -1.55. The zero-order chi connectivity index (χ0) is 16.0. The number of amides is 1. The first-order valence-corrected chi connectivity index (χ1v) is 7.62. The standard InChI is InChI=1S/C17H29N3O/c1-12(2)11-18-17(21)14(4)19-13(3)15-7-9-16(10-8-15)20(5)6/h7-10,12-14,19H,11H2,1-6H3,(H,18,21). The minimum atomic E-state index is -0.202. The maximum atomic E-state index is 12.0. The van der Waals surface area contributed by atoms with E-state index in [9.17, 15) is 4.79 Å². The molecule has 0 aliphatic rings. The number of rotatable bonds is 7. The number of anilines is 1. The highest BCUT2D eigenvalue weighted by atomic mass is 16.2. The summed E-state index contributed by atoms with van der Waals surface area (Å²) < 4.78 is 0. The molecule has 2 atom stereocenters. The maximum absolute atomic E-state index is 12.0. The Morgan fingerprint density at radius 1 is 1.10 bits per heavy atom. The van der Waals surface area contributed by atoms with Gasteiger partial charge in [0.05, 0.1) is 6.04 Å². The fraction of sp³-hybridized carbons (Fsp3) is 0.588. The van der Waals surface area contributed by atoms with Gasteiger partial charge >= 0.3 is 0 Å². The quantitative estimate of drug-likeness (QED) is 0.811. The van der Waals surface area contributed by atoms with Crippen LogP contribution in [0, 0.1) is 5.92 Å². The molecule has 1 aromatic carbocycles. The highest BCUT2D eigenvalue weighted by molar-refractivity contribution is 5.81. The van der Waals surface area contributed by atoms with Gasteiger partial charge in [0.2, 0.25) is 5.91 Å². The number of nitrogens with one attached hydrogen (secondary N) is 2. The Balaban J connectivity index is 2.55. The molecule has 1 aromatic rings. The van der Waals surface area contributed by atoms with Gasteiger partial charge in [-0.3, -0.25) is 10.1 Å². The molecule has 1 rings (SSSR count). The van der Waals surface area contributed by atoms with Gasteiger partial charge in [-0.15, -0.1) is 0 Å². The first kappa shape index (κ1) is 17.5. The fourth-order valence-electron chi connectivity index (χ4n) is 2.07. The van der Waals surface area contributed by atoms with Gasteiger partial charge in [0, 0.05) is 32.4 Å². The lowest BCUT2D eigenvalue weighted by molar-refractivity contribution is -0.123. The van der Waals surface area contributed by atoms with Crippen LogP contribution in [0.25, 0.3) is 0 Å². The van der Waals surface area contributed by atoms with Crippen LogP contribution in [0.1, 0.15) is 39.3 Å². The molecule has 0 aromatic heterocycles. The van der Waals surface area contributed by atoms with Crippen LogP contribution in [-0.4, -0.2) is 32.6 Å². The second kappa shape index (κ2) is 8.03. The van der Waals surface area contributed by atoms with Crippen LogP contribution in [0.3, 0.4) is 0 Å². The summed E-state index contributed by atoms with van der Waals surface area (Å²) in [5, 5.41) is 6.30. The molecule has 0 heterocycles. The van der Waals surface area contributed by atoms with Crippen LogP contribution in [-0.2, 0) is 4.79 Å². The van der Waals surface area contributed by atoms with Crippen molar-refractivity contribution in [2.75, 3.05) is 25.5 Å². The Morgan fingerprint density at radius 2 is 1.67 bits per heavy atom. The molecule has 0 spiro atoms. The monoisotopic (exact) mass is 291 g/mol.